The largest absolute Gasteiger partial charge is 0.373 e. The van der Waals surface area contributed by atoms with E-state index in [2.05, 4.69) is 15.9 Å². The molecule has 5 heteroatoms. The van der Waals surface area contributed by atoms with E-state index in [-0.39, 0.29) is 22.4 Å². The van der Waals surface area contributed by atoms with E-state index >= 15 is 0 Å². The topological polar surface area (TPSA) is 26.3 Å². The lowest BCUT2D eigenvalue weighted by atomic mass is 10.1. The molecule has 0 aliphatic rings. The van der Waals surface area contributed by atoms with Crippen LogP contribution in [0.3, 0.4) is 0 Å². The highest BCUT2D eigenvalue weighted by Gasteiger charge is 2.16. The van der Waals surface area contributed by atoms with Gasteiger partial charge in [0, 0.05) is 12.2 Å². The van der Waals surface area contributed by atoms with Crippen molar-refractivity contribution >= 4 is 21.7 Å². The third kappa shape index (κ3) is 3.09. The predicted octanol–water partition coefficient (Wildman–Crippen LogP) is 3.34. The Bertz CT molecular complexity index is 394. The maximum absolute atomic E-state index is 13.1. The summed E-state index contributed by atoms with van der Waals surface area (Å²) in [6.07, 6.45) is 0.798. The molecule has 2 nitrogen and oxygen atoms in total. The number of ether oxygens (including phenoxy) is 1. The van der Waals surface area contributed by atoms with Crippen LogP contribution in [0.2, 0.25) is 0 Å². The molecule has 1 aromatic rings. The van der Waals surface area contributed by atoms with Crippen molar-refractivity contribution in [2.24, 2.45) is 0 Å². The van der Waals surface area contributed by atoms with Crippen LogP contribution in [-0.2, 0) is 4.74 Å². The molecule has 0 bridgehead atoms. The minimum Gasteiger partial charge on any atom is -0.373 e. The van der Waals surface area contributed by atoms with Gasteiger partial charge in [-0.3, -0.25) is 4.79 Å². The molecule has 0 N–H and O–H groups in total. The van der Waals surface area contributed by atoms with Gasteiger partial charge in [0.05, 0.1) is 4.47 Å². The van der Waals surface area contributed by atoms with Crippen LogP contribution < -0.4 is 0 Å². The SMILES string of the molecule is CCCOCC(=O)c1ccc(F)c(F)c1Br. The normalized spacial score (nSPS) is 10.5. The number of ketones is 1. The molecule has 0 aromatic heterocycles. The fourth-order valence-corrected chi connectivity index (χ4v) is 1.67. The van der Waals surface area contributed by atoms with E-state index in [1.165, 1.54) is 6.07 Å². The molecule has 0 saturated carbocycles. The van der Waals surface area contributed by atoms with Gasteiger partial charge in [0.2, 0.25) is 0 Å². The Kier molecular flexibility index (Phi) is 5.02. The Morgan fingerprint density at radius 2 is 2.12 bits per heavy atom. The van der Waals surface area contributed by atoms with E-state index in [1.807, 2.05) is 6.92 Å². The standard InChI is InChI=1S/C11H11BrF2O2/c1-2-5-16-6-9(15)7-3-4-8(13)11(14)10(7)12/h3-4H,2,5-6H2,1H3. The molecule has 0 atom stereocenters. The average molecular weight is 293 g/mol. The highest BCUT2D eigenvalue weighted by molar-refractivity contribution is 9.10. The molecule has 0 amide bonds. The van der Waals surface area contributed by atoms with Crippen molar-refractivity contribution in [3.8, 4) is 0 Å². The number of halogens is 3. The lowest BCUT2D eigenvalue weighted by Gasteiger charge is -2.05. The molecule has 16 heavy (non-hydrogen) atoms. The van der Waals surface area contributed by atoms with Crippen molar-refractivity contribution in [2.45, 2.75) is 13.3 Å². The summed E-state index contributed by atoms with van der Waals surface area (Å²) in [5.74, 6) is -2.42. The maximum Gasteiger partial charge on any atom is 0.189 e. The Morgan fingerprint density at radius 1 is 1.44 bits per heavy atom. The van der Waals surface area contributed by atoms with Gasteiger partial charge in [0.25, 0.3) is 0 Å². The van der Waals surface area contributed by atoms with E-state index in [9.17, 15) is 13.6 Å². The molecule has 0 fully saturated rings. The molecule has 1 aromatic carbocycles. The third-order valence-electron chi connectivity index (χ3n) is 1.92. The van der Waals surface area contributed by atoms with Gasteiger partial charge in [-0.1, -0.05) is 6.92 Å². The first kappa shape index (κ1) is 13.3. The van der Waals surface area contributed by atoms with Crippen molar-refractivity contribution in [1.29, 1.82) is 0 Å². The zero-order valence-electron chi connectivity index (χ0n) is 8.73. The zero-order valence-corrected chi connectivity index (χ0v) is 10.3. The van der Waals surface area contributed by atoms with Crippen LogP contribution >= 0.6 is 15.9 Å². The van der Waals surface area contributed by atoms with Gasteiger partial charge in [-0.2, -0.15) is 0 Å². The molecule has 0 spiro atoms. The molecule has 0 radical (unpaired) electrons. The predicted molar refractivity (Wildman–Crippen MR) is 59.5 cm³/mol. The number of carbonyl (C=O) groups is 1. The molecule has 0 heterocycles. The van der Waals surface area contributed by atoms with Crippen molar-refractivity contribution < 1.29 is 18.3 Å². The van der Waals surface area contributed by atoms with Crippen LogP contribution in [0.1, 0.15) is 23.7 Å². The molecule has 0 saturated heterocycles. The number of carbonyl (C=O) groups excluding carboxylic acids is 1. The summed E-state index contributed by atoms with van der Waals surface area (Å²) in [7, 11) is 0. The summed E-state index contributed by atoms with van der Waals surface area (Å²) in [6.45, 7) is 2.25. The first-order valence-corrected chi connectivity index (χ1v) is 5.61. The summed E-state index contributed by atoms with van der Waals surface area (Å²) in [4.78, 5) is 11.6. The molecular weight excluding hydrogens is 282 g/mol. The first-order chi connectivity index (χ1) is 7.57. The highest BCUT2D eigenvalue weighted by atomic mass is 79.9. The summed E-state index contributed by atoms with van der Waals surface area (Å²) in [5.41, 5.74) is 0.0926. The Labute approximate surface area is 101 Å². The summed E-state index contributed by atoms with van der Waals surface area (Å²) in [5, 5.41) is 0. The van der Waals surface area contributed by atoms with Crippen molar-refractivity contribution in [3.63, 3.8) is 0 Å². The third-order valence-corrected chi connectivity index (χ3v) is 2.69. The first-order valence-electron chi connectivity index (χ1n) is 4.82. The van der Waals surface area contributed by atoms with Gasteiger partial charge < -0.3 is 4.74 Å². The van der Waals surface area contributed by atoms with E-state index in [0.717, 1.165) is 12.5 Å². The van der Waals surface area contributed by atoms with Gasteiger partial charge >= 0.3 is 0 Å². The van der Waals surface area contributed by atoms with Crippen molar-refractivity contribution in [2.75, 3.05) is 13.2 Å². The molecule has 88 valence electrons. The highest BCUT2D eigenvalue weighted by Crippen LogP contribution is 2.23. The maximum atomic E-state index is 13.1. The van der Waals surface area contributed by atoms with Crippen LogP contribution in [0.4, 0.5) is 8.78 Å². The minimum absolute atomic E-state index is 0.0926. The second-order valence-corrected chi connectivity index (χ2v) is 3.99. The summed E-state index contributed by atoms with van der Waals surface area (Å²) >= 11 is 2.85. The zero-order chi connectivity index (χ0) is 12.1. The molecule has 0 aliphatic heterocycles. The van der Waals surface area contributed by atoms with E-state index in [4.69, 9.17) is 4.74 Å². The van der Waals surface area contributed by atoms with Crippen molar-refractivity contribution in [1.82, 2.24) is 0 Å². The van der Waals surface area contributed by atoms with Gasteiger partial charge in [-0.05, 0) is 34.5 Å². The second-order valence-electron chi connectivity index (χ2n) is 3.20. The Morgan fingerprint density at radius 3 is 2.75 bits per heavy atom. The monoisotopic (exact) mass is 292 g/mol. The lowest BCUT2D eigenvalue weighted by molar-refractivity contribution is 0.0760. The Hall–Kier alpha value is -0.810. The van der Waals surface area contributed by atoms with Gasteiger partial charge in [0.1, 0.15) is 6.61 Å². The van der Waals surface area contributed by atoms with E-state index in [0.29, 0.717) is 6.61 Å². The van der Waals surface area contributed by atoms with Crippen LogP contribution in [-0.4, -0.2) is 19.0 Å². The van der Waals surface area contributed by atoms with E-state index in [1.54, 1.807) is 0 Å². The average Bonchev–Trinajstić information content (AvgIpc) is 2.26. The Balaban J connectivity index is 2.80. The molecule has 0 unspecified atom stereocenters. The number of rotatable bonds is 5. The van der Waals surface area contributed by atoms with Gasteiger partial charge in [-0.15, -0.1) is 0 Å². The van der Waals surface area contributed by atoms with Gasteiger partial charge in [0.15, 0.2) is 17.4 Å². The van der Waals surface area contributed by atoms with Crippen LogP contribution in [0.15, 0.2) is 16.6 Å². The molecule has 0 aliphatic carbocycles. The smallest absolute Gasteiger partial charge is 0.189 e. The number of benzene rings is 1. The fraction of sp³-hybridized carbons (Fsp3) is 0.364. The van der Waals surface area contributed by atoms with Crippen LogP contribution in [0.25, 0.3) is 0 Å². The fourth-order valence-electron chi connectivity index (χ4n) is 1.13. The van der Waals surface area contributed by atoms with Crippen molar-refractivity contribution in [3.05, 3.63) is 33.8 Å². The van der Waals surface area contributed by atoms with Crippen LogP contribution in [0.5, 0.6) is 0 Å². The summed E-state index contributed by atoms with van der Waals surface area (Å²) in [6, 6.07) is 2.16. The molecular formula is C11H11BrF2O2. The second kappa shape index (κ2) is 6.06. The summed E-state index contributed by atoms with van der Waals surface area (Å²) < 4.78 is 30.8. The lowest BCUT2D eigenvalue weighted by Crippen LogP contribution is -2.11. The number of Topliss-reactive ketones (excluding diaryl/α,β-unsaturated/α-hetero) is 1. The number of hydrogen-bond donors (Lipinski definition) is 0. The van der Waals surface area contributed by atoms with Gasteiger partial charge in [-0.25, -0.2) is 8.78 Å². The van der Waals surface area contributed by atoms with Crippen LogP contribution in [0, 0.1) is 11.6 Å². The van der Waals surface area contributed by atoms with E-state index < -0.39 is 11.6 Å². The number of hydrogen-bond acceptors (Lipinski definition) is 2. The molecule has 1 rings (SSSR count). The quantitative estimate of drug-likeness (QED) is 0.473. The minimum atomic E-state index is -1.05.